The molecule has 0 aliphatic rings. The molecule has 156 valence electrons. The number of aromatic nitrogens is 2. The molecule has 1 N–H and O–H groups in total. The first kappa shape index (κ1) is 22.2. The van der Waals surface area contributed by atoms with Crippen molar-refractivity contribution < 1.29 is 27.1 Å². The lowest BCUT2D eigenvalue weighted by atomic mass is 10.2. The van der Waals surface area contributed by atoms with Crippen LogP contribution < -0.4 is 21.3 Å². The highest BCUT2D eigenvalue weighted by Gasteiger charge is 2.35. The minimum atomic E-state index is -4.97. The van der Waals surface area contributed by atoms with E-state index in [2.05, 4.69) is 11.9 Å². The Morgan fingerprint density at radius 2 is 1.93 bits per heavy atom. The Balaban J connectivity index is 2.70. The van der Waals surface area contributed by atoms with Gasteiger partial charge in [-0.2, -0.15) is 13.2 Å². The lowest BCUT2D eigenvalue weighted by Crippen LogP contribution is -2.41. The maximum absolute atomic E-state index is 14.4. The molecule has 0 saturated heterocycles. The van der Waals surface area contributed by atoms with E-state index < -0.39 is 46.6 Å². The third-order valence-electron chi connectivity index (χ3n) is 3.83. The molecule has 0 saturated carbocycles. The van der Waals surface area contributed by atoms with Gasteiger partial charge in [0, 0.05) is 26.2 Å². The summed E-state index contributed by atoms with van der Waals surface area (Å²) in [6.45, 7) is 3.41. The van der Waals surface area contributed by atoms with Gasteiger partial charge in [-0.15, -0.1) is 0 Å². The Kier molecular flexibility index (Phi) is 6.21. The summed E-state index contributed by atoms with van der Waals surface area (Å²) in [5.74, 6) is -2.09. The molecule has 2 rings (SSSR count). The number of hydrogen-bond acceptors (Lipinski definition) is 4. The zero-order valence-electron chi connectivity index (χ0n) is 15.0. The smallest absolute Gasteiger partial charge is 0.431 e. The van der Waals surface area contributed by atoms with Crippen LogP contribution in [0.3, 0.4) is 0 Å². The molecule has 12 heteroatoms. The van der Waals surface area contributed by atoms with Crippen molar-refractivity contribution in [1.29, 1.82) is 0 Å². The summed E-state index contributed by atoms with van der Waals surface area (Å²) in [6, 6.07) is 1.68. The maximum atomic E-state index is 14.4. The third-order valence-corrected chi connectivity index (χ3v) is 4.12. The highest BCUT2D eigenvalue weighted by Crippen LogP contribution is 2.31. The number of amides is 1. The Morgan fingerprint density at radius 1 is 1.31 bits per heavy atom. The van der Waals surface area contributed by atoms with Crippen LogP contribution in [0, 0.1) is 5.82 Å². The number of nitrogens with one attached hydrogen (secondary N) is 1. The van der Waals surface area contributed by atoms with Crippen molar-refractivity contribution in [3.05, 3.63) is 68.2 Å². The Morgan fingerprint density at radius 3 is 2.45 bits per heavy atom. The van der Waals surface area contributed by atoms with E-state index in [1.165, 1.54) is 7.05 Å². The molecule has 1 heterocycles. The Labute approximate surface area is 165 Å². The van der Waals surface area contributed by atoms with Gasteiger partial charge in [-0.3, -0.25) is 14.2 Å². The molecule has 2 aromatic rings. The zero-order valence-corrected chi connectivity index (χ0v) is 15.8. The van der Waals surface area contributed by atoms with E-state index in [9.17, 15) is 31.9 Å². The highest BCUT2D eigenvalue weighted by atomic mass is 35.5. The van der Waals surface area contributed by atoms with E-state index in [-0.39, 0.29) is 26.0 Å². The standard InChI is InChI=1S/C17H14ClF4N3O4/c1-4-11(15(27)23-2)29-12-6-10(9(19)5-8(12)18)25-14(26)7-13(17(20,21)22)24(3)16(25)28/h4-7,11H,1H2,2-3H3,(H,23,27). The normalized spacial score (nSPS) is 12.4. The molecule has 1 aromatic heterocycles. The topological polar surface area (TPSA) is 82.3 Å². The number of nitrogens with zero attached hydrogens (tertiary/aromatic N) is 2. The van der Waals surface area contributed by atoms with Gasteiger partial charge in [-0.1, -0.05) is 18.2 Å². The molecule has 0 aliphatic carbocycles. The summed E-state index contributed by atoms with van der Waals surface area (Å²) in [5, 5.41) is 1.99. The molecule has 0 radical (unpaired) electrons. The molecular weight excluding hydrogens is 422 g/mol. The predicted molar refractivity (Wildman–Crippen MR) is 95.9 cm³/mol. The van der Waals surface area contributed by atoms with Crippen molar-refractivity contribution in [3.8, 4) is 11.4 Å². The van der Waals surface area contributed by atoms with Crippen LogP contribution in [0.4, 0.5) is 17.6 Å². The lowest BCUT2D eigenvalue weighted by Gasteiger charge is -2.17. The molecule has 0 bridgehead atoms. The van der Waals surface area contributed by atoms with Gasteiger partial charge in [0.25, 0.3) is 11.5 Å². The van der Waals surface area contributed by atoms with Crippen LogP contribution >= 0.6 is 11.6 Å². The molecule has 0 aliphatic heterocycles. The van der Waals surface area contributed by atoms with Crippen molar-refractivity contribution in [2.45, 2.75) is 12.3 Å². The lowest BCUT2D eigenvalue weighted by molar-refractivity contribution is -0.144. The second-order valence-corrected chi connectivity index (χ2v) is 6.07. The van der Waals surface area contributed by atoms with E-state index in [1.807, 2.05) is 0 Å². The Hall–Kier alpha value is -3.08. The number of benzene rings is 1. The number of halogens is 5. The monoisotopic (exact) mass is 435 g/mol. The highest BCUT2D eigenvalue weighted by molar-refractivity contribution is 6.32. The van der Waals surface area contributed by atoms with Gasteiger partial charge in [0.1, 0.15) is 17.3 Å². The van der Waals surface area contributed by atoms with Crippen molar-refractivity contribution in [3.63, 3.8) is 0 Å². The number of carbonyl (C=O) groups excluding carboxylic acids is 1. The van der Waals surface area contributed by atoms with Crippen molar-refractivity contribution in [2.24, 2.45) is 7.05 Å². The fourth-order valence-corrected chi connectivity index (χ4v) is 2.58. The minimum absolute atomic E-state index is 0.160. The number of likely N-dealkylation sites (N-methyl/N-ethyl adjacent to an activating group) is 1. The quantitative estimate of drug-likeness (QED) is 0.575. The predicted octanol–water partition coefficient (Wildman–Crippen LogP) is 2.03. The number of carbonyl (C=O) groups is 1. The molecule has 0 spiro atoms. The van der Waals surface area contributed by atoms with E-state index in [0.29, 0.717) is 6.07 Å². The average Bonchev–Trinajstić information content (AvgIpc) is 2.63. The molecule has 1 amide bonds. The zero-order chi connectivity index (χ0) is 22.1. The van der Waals surface area contributed by atoms with Gasteiger partial charge in [0.2, 0.25) is 0 Å². The SMILES string of the molecule is C=CC(Oc1cc(-n2c(=O)cc(C(F)(F)F)n(C)c2=O)c(F)cc1Cl)C(=O)NC. The van der Waals surface area contributed by atoms with Crippen LogP contribution in [-0.4, -0.2) is 28.2 Å². The van der Waals surface area contributed by atoms with Gasteiger partial charge >= 0.3 is 11.9 Å². The summed E-state index contributed by atoms with van der Waals surface area (Å²) >= 11 is 5.88. The van der Waals surface area contributed by atoms with Crippen LogP contribution in [-0.2, 0) is 18.0 Å². The second-order valence-electron chi connectivity index (χ2n) is 5.67. The van der Waals surface area contributed by atoms with Crippen LogP contribution in [0.5, 0.6) is 5.75 Å². The summed E-state index contributed by atoms with van der Waals surface area (Å²) < 4.78 is 59.0. The van der Waals surface area contributed by atoms with E-state index >= 15 is 0 Å². The van der Waals surface area contributed by atoms with Gasteiger partial charge in [0.05, 0.1) is 10.7 Å². The molecule has 0 fully saturated rings. The molecular formula is C17H14ClF4N3O4. The molecule has 7 nitrogen and oxygen atoms in total. The third kappa shape index (κ3) is 4.34. The first-order chi connectivity index (χ1) is 13.4. The van der Waals surface area contributed by atoms with Crippen molar-refractivity contribution >= 4 is 17.5 Å². The second kappa shape index (κ2) is 8.11. The molecule has 1 aromatic carbocycles. The average molecular weight is 436 g/mol. The van der Waals surface area contributed by atoms with Crippen LogP contribution in [0.1, 0.15) is 5.69 Å². The maximum Gasteiger partial charge on any atom is 0.431 e. The first-order valence-electron chi connectivity index (χ1n) is 7.82. The largest absolute Gasteiger partial charge is 0.475 e. The summed E-state index contributed by atoms with van der Waals surface area (Å²) in [7, 11) is 2.11. The summed E-state index contributed by atoms with van der Waals surface area (Å²) in [4.78, 5) is 36.2. The first-order valence-corrected chi connectivity index (χ1v) is 8.20. The number of hydrogen-bond donors (Lipinski definition) is 1. The van der Waals surface area contributed by atoms with Crippen LogP contribution in [0.25, 0.3) is 5.69 Å². The summed E-state index contributed by atoms with van der Waals surface area (Å²) in [6.07, 6.45) is -5.10. The number of ether oxygens (including phenoxy) is 1. The van der Waals surface area contributed by atoms with E-state index in [0.717, 1.165) is 19.2 Å². The van der Waals surface area contributed by atoms with Gasteiger partial charge in [-0.05, 0) is 12.1 Å². The van der Waals surface area contributed by atoms with Crippen molar-refractivity contribution in [2.75, 3.05) is 7.05 Å². The van der Waals surface area contributed by atoms with E-state index in [4.69, 9.17) is 16.3 Å². The number of alkyl halides is 3. The molecule has 29 heavy (non-hydrogen) atoms. The minimum Gasteiger partial charge on any atom is -0.475 e. The molecule has 1 atom stereocenters. The van der Waals surface area contributed by atoms with Gasteiger partial charge in [0.15, 0.2) is 6.10 Å². The van der Waals surface area contributed by atoms with Crippen LogP contribution in [0.2, 0.25) is 5.02 Å². The Bertz CT molecular complexity index is 1090. The molecule has 1 unspecified atom stereocenters. The fourth-order valence-electron chi connectivity index (χ4n) is 2.39. The number of rotatable bonds is 5. The van der Waals surface area contributed by atoms with Crippen molar-refractivity contribution in [1.82, 2.24) is 14.5 Å². The van der Waals surface area contributed by atoms with Gasteiger partial charge in [-0.25, -0.2) is 13.8 Å². The van der Waals surface area contributed by atoms with Gasteiger partial charge < -0.3 is 10.1 Å². The fraction of sp³-hybridized carbons (Fsp3) is 0.235. The summed E-state index contributed by atoms with van der Waals surface area (Å²) in [5.41, 5.74) is -5.06. The van der Waals surface area contributed by atoms with E-state index in [1.54, 1.807) is 0 Å². The van der Waals surface area contributed by atoms with Crippen LogP contribution in [0.15, 0.2) is 40.4 Å².